The van der Waals surface area contributed by atoms with E-state index in [1.165, 1.54) is 0 Å². The Morgan fingerprint density at radius 2 is 1.72 bits per heavy atom. The van der Waals surface area contributed by atoms with E-state index >= 15 is 0 Å². The molecule has 7 heteroatoms. The molecule has 5 rings (SSSR count). The van der Waals surface area contributed by atoms with Gasteiger partial charge in [0.2, 0.25) is 5.91 Å². The maximum atomic E-state index is 12.0. The quantitative estimate of drug-likeness (QED) is 0.497. The zero-order chi connectivity index (χ0) is 22.1. The van der Waals surface area contributed by atoms with Crippen LogP contribution in [0.1, 0.15) is 16.1 Å². The Morgan fingerprint density at radius 3 is 2.47 bits per heavy atom. The minimum absolute atomic E-state index is 0.443. The highest BCUT2D eigenvalue weighted by molar-refractivity contribution is 6.30. The molecule has 2 N–H and O–H groups in total. The summed E-state index contributed by atoms with van der Waals surface area (Å²) in [7, 11) is 0. The third-order valence-corrected chi connectivity index (χ3v) is 6.07. The Kier molecular flexibility index (Phi) is 5.66. The number of carbonyl (C=O) groups is 1. The molecule has 0 saturated carbocycles. The van der Waals surface area contributed by atoms with Crippen LogP contribution in [0.25, 0.3) is 28.0 Å². The molecule has 1 fully saturated rings. The summed E-state index contributed by atoms with van der Waals surface area (Å²) in [5, 5.41) is 0.692. The summed E-state index contributed by atoms with van der Waals surface area (Å²) in [6.45, 7) is 3.94. The van der Waals surface area contributed by atoms with Crippen molar-refractivity contribution in [1.82, 2.24) is 14.3 Å². The van der Waals surface area contributed by atoms with Crippen LogP contribution in [0.15, 0.2) is 66.9 Å². The largest absolute Gasteiger partial charge is 0.379 e. The van der Waals surface area contributed by atoms with Crippen molar-refractivity contribution in [2.24, 2.45) is 5.73 Å². The molecular weight excluding hydrogens is 424 g/mol. The molecule has 1 saturated heterocycles. The minimum Gasteiger partial charge on any atom is -0.379 e. The highest BCUT2D eigenvalue weighted by atomic mass is 35.5. The lowest BCUT2D eigenvalue weighted by atomic mass is 10.0. The minimum atomic E-state index is -0.443. The molecule has 0 atom stereocenters. The second-order valence-electron chi connectivity index (χ2n) is 7.86. The van der Waals surface area contributed by atoms with E-state index in [-0.39, 0.29) is 0 Å². The van der Waals surface area contributed by atoms with Crippen molar-refractivity contribution >= 4 is 23.2 Å². The zero-order valence-corrected chi connectivity index (χ0v) is 18.3. The maximum Gasteiger partial charge on any atom is 0.249 e. The number of nitrogens with zero attached hydrogens (tertiary/aromatic N) is 3. The standard InChI is InChI=1S/C25H23ClN4O2/c26-19-8-5-17(6-9-19)24-22(16-29-11-13-32-14-12-29)30-15-18(7-10-23(30)28-24)20-3-1-2-4-21(20)25(27)31/h1-10,15H,11-14,16H2,(H2,27,31). The van der Waals surface area contributed by atoms with Gasteiger partial charge in [-0.1, -0.05) is 41.9 Å². The van der Waals surface area contributed by atoms with E-state index < -0.39 is 5.91 Å². The van der Waals surface area contributed by atoms with Crippen LogP contribution in [0.5, 0.6) is 0 Å². The summed E-state index contributed by atoms with van der Waals surface area (Å²) in [5.74, 6) is -0.443. The lowest BCUT2D eigenvalue weighted by molar-refractivity contribution is 0.0336. The molecule has 1 amide bonds. The smallest absolute Gasteiger partial charge is 0.249 e. The summed E-state index contributed by atoms with van der Waals surface area (Å²) >= 11 is 6.12. The number of benzene rings is 2. The van der Waals surface area contributed by atoms with Gasteiger partial charge in [0.05, 0.1) is 24.6 Å². The van der Waals surface area contributed by atoms with E-state index in [4.69, 9.17) is 27.1 Å². The number of amides is 1. The third-order valence-electron chi connectivity index (χ3n) is 5.82. The fraction of sp³-hybridized carbons (Fsp3) is 0.200. The Hall–Kier alpha value is -3.19. The van der Waals surface area contributed by atoms with Crippen LogP contribution in [0, 0.1) is 0 Å². The van der Waals surface area contributed by atoms with Gasteiger partial charge in [-0.05, 0) is 41.5 Å². The van der Waals surface area contributed by atoms with Gasteiger partial charge in [-0.15, -0.1) is 0 Å². The molecule has 0 radical (unpaired) electrons. The molecule has 1 aliphatic rings. The van der Waals surface area contributed by atoms with Crippen LogP contribution in [0.2, 0.25) is 5.02 Å². The number of imidazole rings is 1. The summed E-state index contributed by atoms with van der Waals surface area (Å²) in [5.41, 5.74) is 11.7. The van der Waals surface area contributed by atoms with Gasteiger partial charge < -0.3 is 14.9 Å². The predicted octanol–water partition coefficient (Wildman–Crippen LogP) is 4.25. The Labute approximate surface area is 191 Å². The van der Waals surface area contributed by atoms with E-state index in [0.29, 0.717) is 10.6 Å². The van der Waals surface area contributed by atoms with Crippen molar-refractivity contribution in [2.45, 2.75) is 6.54 Å². The van der Waals surface area contributed by atoms with E-state index in [0.717, 1.165) is 66.6 Å². The van der Waals surface area contributed by atoms with Crippen LogP contribution in [-0.4, -0.2) is 46.5 Å². The van der Waals surface area contributed by atoms with Crippen LogP contribution >= 0.6 is 11.6 Å². The van der Waals surface area contributed by atoms with Crippen molar-refractivity contribution < 1.29 is 9.53 Å². The molecule has 0 spiro atoms. The first-order chi connectivity index (χ1) is 15.6. The average Bonchev–Trinajstić information content (AvgIpc) is 3.17. The highest BCUT2D eigenvalue weighted by Gasteiger charge is 2.20. The first-order valence-corrected chi connectivity index (χ1v) is 10.9. The number of carbonyl (C=O) groups excluding carboxylic acids is 1. The van der Waals surface area contributed by atoms with Crippen LogP contribution in [0.4, 0.5) is 0 Å². The number of primary amides is 1. The molecular formula is C25H23ClN4O2. The fourth-order valence-electron chi connectivity index (χ4n) is 4.16. The monoisotopic (exact) mass is 446 g/mol. The lowest BCUT2D eigenvalue weighted by Crippen LogP contribution is -2.36. The third kappa shape index (κ3) is 4.00. The van der Waals surface area contributed by atoms with Crippen LogP contribution in [-0.2, 0) is 11.3 Å². The second kappa shape index (κ2) is 8.74. The molecule has 0 bridgehead atoms. The van der Waals surface area contributed by atoms with Gasteiger partial charge in [-0.3, -0.25) is 9.69 Å². The molecule has 32 heavy (non-hydrogen) atoms. The van der Waals surface area contributed by atoms with Gasteiger partial charge in [-0.2, -0.15) is 0 Å². The Bertz CT molecular complexity index is 1280. The SMILES string of the molecule is NC(=O)c1ccccc1-c1ccc2nc(-c3ccc(Cl)cc3)c(CN3CCOCC3)n2c1. The molecule has 1 aliphatic heterocycles. The van der Waals surface area contributed by atoms with E-state index in [1.54, 1.807) is 6.07 Å². The summed E-state index contributed by atoms with van der Waals surface area (Å²) in [6.07, 6.45) is 2.04. The number of fused-ring (bicyclic) bond motifs is 1. The Morgan fingerprint density at radius 1 is 1.00 bits per heavy atom. The van der Waals surface area contributed by atoms with Crippen molar-refractivity contribution in [3.05, 3.63) is 83.1 Å². The van der Waals surface area contributed by atoms with Gasteiger partial charge in [0.25, 0.3) is 0 Å². The van der Waals surface area contributed by atoms with E-state index in [1.807, 2.05) is 60.8 Å². The normalized spacial score (nSPS) is 14.7. The van der Waals surface area contributed by atoms with E-state index in [9.17, 15) is 4.79 Å². The first kappa shape index (κ1) is 20.7. The van der Waals surface area contributed by atoms with Crippen molar-refractivity contribution in [1.29, 1.82) is 0 Å². The van der Waals surface area contributed by atoms with E-state index in [2.05, 4.69) is 9.30 Å². The summed E-state index contributed by atoms with van der Waals surface area (Å²) < 4.78 is 7.64. The number of pyridine rings is 1. The number of nitrogens with two attached hydrogens (primary N) is 1. The maximum absolute atomic E-state index is 12.0. The molecule has 2 aromatic carbocycles. The number of aromatic nitrogens is 2. The van der Waals surface area contributed by atoms with Crippen molar-refractivity contribution in [2.75, 3.05) is 26.3 Å². The molecule has 0 aliphatic carbocycles. The number of morpholine rings is 1. The molecule has 0 unspecified atom stereocenters. The van der Waals surface area contributed by atoms with Gasteiger partial charge in [0.15, 0.2) is 0 Å². The topological polar surface area (TPSA) is 72.9 Å². The number of hydrogen-bond acceptors (Lipinski definition) is 4. The summed E-state index contributed by atoms with van der Waals surface area (Å²) in [6, 6.07) is 19.1. The lowest BCUT2D eigenvalue weighted by Gasteiger charge is -2.26. The zero-order valence-electron chi connectivity index (χ0n) is 17.5. The molecule has 3 heterocycles. The molecule has 6 nitrogen and oxygen atoms in total. The van der Waals surface area contributed by atoms with Crippen molar-refractivity contribution in [3.63, 3.8) is 0 Å². The van der Waals surface area contributed by atoms with Gasteiger partial charge >= 0.3 is 0 Å². The van der Waals surface area contributed by atoms with Gasteiger partial charge in [-0.25, -0.2) is 4.98 Å². The number of halogens is 1. The molecule has 162 valence electrons. The van der Waals surface area contributed by atoms with Gasteiger partial charge in [0, 0.05) is 42.0 Å². The second-order valence-corrected chi connectivity index (χ2v) is 8.29. The number of ether oxygens (including phenoxy) is 1. The van der Waals surface area contributed by atoms with Gasteiger partial charge in [0.1, 0.15) is 5.65 Å². The summed E-state index contributed by atoms with van der Waals surface area (Å²) in [4.78, 5) is 19.3. The van der Waals surface area contributed by atoms with Crippen LogP contribution < -0.4 is 5.73 Å². The molecule has 4 aromatic rings. The molecule has 2 aromatic heterocycles. The number of hydrogen-bond donors (Lipinski definition) is 1. The van der Waals surface area contributed by atoms with Crippen molar-refractivity contribution in [3.8, 4) is 22.4 Å². The average molecular weight is 447 g/mol. The van der Waals surface area contributed by atoms with Crippen LogP contribution in [0.3, 0.4) is 0 Å². The first-order valence-electron chi connectivity index (χ1n) is 10.6. The highest BCUT2D eigenvalue weighted by Crippen LogP contribution is 2.30. The Balaban J connectivity index is 1.66. The number of rotatable bonds is 5. The predicted molar refractivity (Wildman–Crippen MR) is 126 cm³/mol. The fourth-order valence-corrected chi connectivity index (χ4v) is 4.29.